The molecule has 0 spiro atoms. The number of rotatable bonds is 7. The van der Waals surface area contributed by atoms with Crippen LogP contribution in [0.5, 0.6) is 11.5 Å². The Labute approximate surface area is 227 Å². The summed E-state index contributed by atoms with van der Waals surface area (Å²) in [4.78, 5) is 29.7. The average molecular weight is 550 g/mol. The van der Waals surface area contributed by atoms with Crippen LogP contribution in [0.2, 0.25) is 0 Å². The maximum absolute atomic E-state index is 14.9. The molecule has 0 radical (unpaired) electrons. The summed E-state index contributed by atoms with van der Waals surface area (Å²) in [5, 5.41) is 11.7. The summed E-state index contributed by atoms with van der Waals surface area (Å²) in [6, 6.07) is 17.0. The van der Waals surface area contributed by atoms with Crippen molar-refractivity contribution in [1.82, 2.24) is 20.9 Å². The Balaban J connectivity index is 1.23. The maximum Gasteiger partial charge on any atom is 0.261 e. The molecule has 8 nitrogen and oxygen atoms in total. The third-order valence-electron chi connectivity index (χ3n) is 5.87. The first-order valence-electron chi connectivity index (χ1n) is 12.0. The third-order valence-corrected chi connectivity index (χ3v) is 7.21. The number of thiophene rings is 1. The van der Waals surface area contributed by atoms with Crippen molar-refractivity contribution >= 4 is 56.4 Å². The fraction of sp³-hybridized carbons (Fsp3) is 0.185. The fourth-order valence-corrected chi connectivity index (χ4v) is 5.24. The lowest BCUT2D eigenvalue weighted by atomic mass is 10.1. The topological polar surface area (TPSA) is 104 Å². The van der Waals surface area contributed by atoms with Crippen LogP contribution in [0.15, 0.2) is 66.9 Å². The van der Waals surface area contributed by atoms with Gasteiger partial charge in [-0.2, -0.15) is 0 Å². The predicted molar refractivity (Wildman–Crippen MR) is 149 cm³/mol. The number of halogens is 1. The van der Waals surface area contributed by atoms with Crippen molar-refractivity contribution in [2.75, 3.05) is 18.4 Å². The molecule has 1 aliphatic rings. The van der Waals surface area contributed by atoms with E-state index in [0.717, 1.165) is 25.1 Å². The maximum atomic E-state index is 14.9. The molecule has 0 bridgehead atoms. The molecule has 2 amide bonds. The van der Waals surface area contributed by atoms with E-state index in [9.17, 15) is 14.0 Å². The summed E-state index contributed by atoms with van der Waals surface area (Å²) in [7, 11) is 0. The van der Waals surface area contributed by atoms with E-state index < -0.39 is 5.82 Å². The van der Waals surface area contributed by atoms with Crippen LogP contribution >= 0.6 is 23.6 Å². The van der Waals surface area contributed by atoms with E-state index in [-0.39, 0.29) is 35.1 Å². The highest BCUT2D eigenvalue weighted by Crippen LogP contribution is 2.36. The minimum absolute atomic E-state index is 0.00138. The van der Waals surface area contributed by atoms with Gasteiger partial charge in [-0.05, 0) is 48.9 Å². The van der Waals surface area contributed by atoms with Crippen molar-refractivity contribution in [2.24, 2.45) is 0 Å². The van der Waals surface area contributed by atoms with Crippen molar-refractivity contribution in [3.8, 4) is 11.5 Å². The molecule has 1 aliphatic heterocycles. The monoisotopic (exact) mass is 549 g/mol. The molecule has 1 atom stereocenters. The van der Waals surface area contributed by atoms with Crippen molar-refractivity contribution in [3.63, 3.8) is 0 Å². The summed E-state index contributed by atoms with van der Waals surface area (Å²) < 4.78 is 21.4. The Bertz CT molecular complexity index is 1490. The SMILES string of the molecule is O=C(Cc1ccccc1)NC(=S)Nc1ccc(Oc2ccnc3cc(C(=O)NC4CCNC4)sc23)c(F)c1. The van der Waals surface area contributed by atoms with Gasteiger partial charge in [0.15, 0.2) is 16.7 Å². The molecule has 1 fully saturated rings. The Hall–Kier alpha value is -3.93. The van der Waals surface area contributed by atoms with Crippen molar-refractivity contribution < 1.29 is 18.7 Å². The van der Waals surface area contributed by atoms with E-state index in [1.807, 2.05) is 30.3 Å². The van der Waals surface area contributed by atoms with Gasteiger partial charge in [0, 0.05) is 36.6 Å². The van der Waals surface area contributed by atoms with Gasteiger partial charge < -0.3 is 26.0 Å². The Morgan fingerprint density at radius 3 is 2.74 bits per heavy atom. The number of benzene rings is 2. The number of ether oxygens (including phenoxy) is 1. The molecule has 3 heterocycles. The van der Waals surface area contributed by atoms with E-state index >= 15 is 0 Å². The number of aromatic nitrogens is 1. The van der Waals surface area contributed by atoms with Crippen LogP contribution in [0.1, 0.15) is 21.7 Å². The van der Waals surface area contributed by atoms with Gasteiger partial charge in [-0.25, -0.2) is 4.39 Å². The van der Waals surface area contributed by atoms with E-state index in [2.05, 4.69) is 26.3 Å². The summed E-state index contributed by atoms with van der Waals surface area (Å²) in [6.07, 6.45) is 2.61. The number of pyridine rings is 1. The van der Waals surface area contributed by atoms with Crippen LogP contribution in [0.4, 0.5) is 10.1 Å². The molecule has 0 aliphatic carbocycles. The minimum Gasteiger partial charge on any atom is -0.453 e. The molecule has 2 aromatic carbocycles. The van der Waals surface area contributed by atoms with Crippen LogP contribution in [0, 0.1) is 5.82 Å². The second-order valence-electron chi connectivity index (χ2n) is 8.71. The van der Waals surface area contributed by atoms with E-state index in [1.165, 1.54) is 23.5 Å². The second kappa shape index (κ2) is 11.6. The van der Waals surface area contributed by atoms with Gasteiger partial charge >= 0.3 is 0 Å². The van der Waals surface area contributed by atoms with Gasteiger partial charge in [0.05, 0.1) is 21.5 Å². The number of anilines is 1. The number of nitrogens with one attached hydrogen (secondary N) is 4. The summed E-state index contributed by atoms with van der Waals surface area (Å²) in [5.41, 5.74) is 1.81. The van der Waals surface area contributed by atoms with Gasteiger partial charge in [0.2, 0.25) is 5.91 Å². The summed E-state index contributed by atoms with van der Waals surface area (Å²) in [5.74, 6) is -0.675. The summed E-state index contributed by atoms with van der Waals surface area (Å²) >= 11 is 6.44. The number of thiocarbonyl (C=S) groups is 1. The first kappa shape index (κ1) is 25.7. The number of carbonyl (C=O) groups excluding carboxylic acids is 2. The molecule has 1 saturated heterocycles. The first-order chi connectivity index (χ1) is 18.4. The quantitative estimate of drug-likeness (QED) is 0.254. The number of amides is 2. The highest BCUT2D eigenvalue weighted by atomic mass is 32.1. The van der Waals surface area contributed by atoms with Crippen LogP contribution in [0.3, 0.4) is 0 Å². The average Bonchev–Trinajstić information content (AvgIpc) is 3.56. The number of nitrogens with zero attached hydrogens (tertiary/aromatic N) is 1. The fourth-order valence-electron chi connectivity index (χ4n) is 4.04. The van der Waals surface area contributed by atoms with Crippen molar-refractivity contribution in [3.05, 3.63) is 83.1 Å². The molecule has 5 rings (SSSR count). The summed E-state index contributed by atoms with van der Waals surface area (Å²) in [6.45, 7) is 1.63. The number of hydrogen-bond acceptors (Lipinski definition) is 7. The Morgan fingerprint density at radius 1 is 1.13 bits per heavy atom. The van der Waals surface area contributed by atoms with Gasteiger partial charge in [-0.1, -0.05) is 30.3 Å². The molecule has 4 aromatic rings. The molecule has 0 saturated carbocycles. The molecule has 11 heteroatoms. The lowest BCUT2D eigenvalue weighted by Crippen LogP contribution is -2.35. The Morgan fingerprint density at radius 2 is 1.97 bits per heavy atom. The van der Waals surface area contributed by atoms with Gasteiger partial charge in [0.1, 0.15) is 5.75 Å². The molecule has 4 N–H and O–H groups in total. The van der Waals surface area contributed by atoms with Crippen LogP contribution in [-0.4, -0.2) is 41.0 Å². The highest BCUT2D eigenvalue weighted by molar-refractivity contribution is 7.80. The normalized spacial score (nSPS) is 14.7. The third kappa shape index (κ3) is 6.31. The van der Waals surface area contributed by atoms with Gasteiger partial charge in [-0.3, -0.25) is 14.6 Å². The zero-order chi connectivity index (χ0) is 26.5. The highest BCUT2D eigenvalue weighted by Gasteiger charge is 2.20. The van der Waals surface area contributed by atoms with Crippen molar-refractivity contribution in [1.29, 1.82) is 0 Å². The lowest BCUT2D eigenvalue weighted by Gasteiger charge is -2.12. The van der Waals surface area contributed by atoms with E-state index in [0.29, 0.717) is 26.5 Å². The first-order valence-corrected chi connectivity index (χ1v) is 13.2. The second-order valence-corrected chi connectivity index (χ2v) is 10.2. The van der Waals surface area contributed by atoms with E-state index in [4.69, 9.17) is 17.0 Å². The zero-order valence-electron chi connectivity index (χ0n) is 20.1. The van der Waals surface area contributed by atoms with Crippen LogP contribution < -0.4 is 26.0 Å². The number of fused-ring (bicyclic) bond motifs is 1. The Kier molecular flexibility index (Phi) is 7.87. The van der Waals surface area contributed by atoms with Crippen LogP contribution in [-0.2, 0) is 11.2 Å². The van der Waals surface area contributed by atoms with Crippen molar-refractivity contribution in [2.45, 2.75) is 18.9 Å². The largest absolute Gasteiger partial charge is 0.453 e. The van der Waals surface area contributed by atoms with Crippen LogP contribution in [0.25, 0.3) is 10.2 Å². The molecule has 1 unspecified atom stereocenters. The number of hydrogen-bond donors (Lipinski definition) is 4. The molecule has 38 heavy (non-hydrogen) atoms. The van der Waals surface area contributed by atoms with Gasteiger partial charge in [-0.15, -0.1) is 11.3 Å². The lowest BCUT2D eigenvalue weighted by molar-refractivity contribution is -0.119. The molecular weight excluding hydrogens is 525 g/mol. The predicted octanol–water partition coefficient (Wildman–Crippen LogP) is 4.38. The smallest absolute Gasteiger partial charge is 0.261 e. The minimum atomic E-state index is -0.623. The van der Waals surface area contributed by atoms with Gasteiger partial charge in [0.25, 0.3) is 5.91 Å². The standard InChI is InChI=1S/C27H24FN5O3S2/c28-19-13-17(32-27(37)33-24(34)12-16-4-2-1-3-5-16)6-7-21(19)36-22-9-11-30-20-14-23(38-25(20)22)26(35)31-18-8-10-29-15-18/h1-7,9,11,13-14,18,29H,8,10,12,15H2,(H,31,35)(H2,32,33,34,37). The zero-order valence-corrected chi connectivity index (χ0v) is 21.8. The number of carbonyl (C=O) groups is 2. The molecular formula is C27H24FN5O3S2. The van der Waals surface area contributed by atoms with E-state index in [1.54, 1.807) is 24.4 Å². The molecule has 194 valence electrons. The molecule has 2 aromatic heterocycles.